The van der Waals surface area contributed by atoms with Crippen LogP contribution in [-0.2, 0) is 11.3 Å². The van der Waals surface area contributed by atoms with Crippen LogP contribution < -0.4 is 14.4 Å². The van der Waals surface area contributed by atoms with Gasteiger partial charge in [-0.1, -0.05) is 18.2 Å². The zero-order valence-electron chi connectivity index (χ0n) is 20.5. The first-order valence-corrected chi connectivity index (χ1v) is 12.2. The number of imidazole rings is 1. The Morgan fingerprint density at radius 3 is 2.49 bits per heavy atom. The highest BCUT2D eigenvalue weighted by Gasteiger charge is 2.34. The third-order valence-corrected chi connectivity index (χ3v) is 6.70. The number of hydrogen-bond acceptors (Lipinski definition) is 4. The Labute approximate surface area is 206 Å². The Kier molecular flexibility index (Phi) is 6.45. The van der Waals surface area contributed by atoms with Crippen LogP contribution in [0.2, 0.25) is 0 Å². The topological polar surface area (TPSA) is 56.6 Å². The second-order valence-electron chi connectivity index (χ2n) is 9.04. The normalized spacial score (nSPS) is 15.7. The van der Waals surface area contributed by atoms with Crippen LogP contribution in [0.3, 0.4) is 0 Å². The van der Waals surface area contributed by atoms with Crippen LogP contribution in [0, 0.1) is 13.8 Å². The van der Waals surface area contributed by atoms with Crippen LogP contribution in [0.15, 0.2) is 66.7 Å². The first-order valence-electron chi connectivity index (χ1n) is 12.2. The van der Waals surface area contributed by atoms with Crippen molar-refractivity contribution in [3.05, 3.63) is 83.7 Å². The molecule has 6 heteroatoms. The summed E-state index contributed by atoms with van der Waals surface area (Å²) in [4.78, 5) is 19.8. The minimum atomic E-state index is 0.0167. The molecule has 0 spiro atoms. The number of aromatic nitrogens is 2. The molecule has 1 atom stereocenters. The van der Waals surface area contributed by atoms with Gasteiger partial charge in [-0.05, 0) is 80.4 Å². The fourth-order valence-corrected chi connectivity index (χ4v) is 4.72. The second-order valence-corrected chi connectivity index (χ2v) is 9.04. The molecule has 0 radical (unpaired) electrons. The van der Waals surface area contributed by atoms with Crippen LogP contribution in [0.5, 0.6) is 11.5 Å². The Bertz CT molecular complexity index is 1340. The number of benzene rings is 3. The Morgan fingerprint density at radius 1 is 0.943 bits per heavy atom. The van der Waals surface area contributed by atoms with Gasteiger partial charge in [0.1, 0.15) is 23.9 Å². The molecule has 1 aliphatic heterocycles. The summed E-state index contributed by atoms with van der Waals surface area (Å²) in [5, 5.41) is 0. The Balaban J connectivity index is 1.36. The maximum absolute atomic E-state index is 13.0. The maximum Gasteiger partial charge on any atom is 0.227 e. The van der Waals surface area contributed by atoms with Crippen LogP contribution >= 0.6 is 0 Å². The van der Waals surface area contributed by atoms with E-state index >= 15 is 0 Å². The van der Waals surface area contributed by atoms with Crippen molar-refractivity contribution >= 4 is 22.6 Å². The van der Waals surface area contributed by atoms with Gasteiger partial charge in [0, 0.05) is 24.6 Å². The van der Waals surface area contributed by atoms with Crippen LogP contribution in [0.25, 0.3) is 11.0 Å². The smallest absolute Gasteiger partial charge is 0.227 e. The van der Waals surface area contributed by atoms with Crippen molar-refractivity contribution in [3.63, 3.8) is 0 Å². The molecule has 1 amide bonds. The van der Waals surface area contributed by atoms with E-state index in [0.717, 1.165) is 34.0 Å². The van der Waals surface area contributed by atoms with Gasteiger partial charge in [0.15, 0.2) is 0 Å². The molecule has 180 valence electrons. The summed E-state index contributed by atoms with van der Waals surface area (Å²) < 4.78 is 13.8. The molecular formula is C29H31N3O3. The van der Waals surface area contributed by atoms with Gasteiger partial charge in [-0.3, -0.25) is 4.79 Å². The lowest BCUT2D eigenvalue weighted by Gasteiger charge is -2.18. The van der Waals surface area contributed by atoms with Gasteiger partial charge in [0.05, 0.1) is 24.2 Å². The number of rotatable bonds is 8. The van der Waals surface area contributed by atoms with Gasteiger partial charge in [-0.25, -0.2) is 4.98 Å². The fraction of sp³-hybridized carbons (Fsp3) is 0.310. The average molecular weight is 470 g/mol. The summed E-state index contributed by atoms with van der Waals surface area (Å²) in [6.07, 6.45) is 0.439. The van der Waals surface area contributed by atoms with E-state index in [4.69, 9.17) is 14.5 Å². The van der Waals surface area contributed by atoms with E-state index in [1.54, 1.807) is 0 Å². The maximum atomic E-state index is 13.0. The van der Waals surface area contributed by atoms with Crippen molar-refractivity contribution in [2.24, 2.45) is 0 Å². The van der Waals surface area contributed by atoms with Crippen molar-refractivity contribution in [1.82, 2.24) is 9.55 Å². The highest BCUT2D eigenvalue weighted by atomic mass is 16.5. The molecule has 1 fully saturated rings. The second kappa shape index (κ2) is 9.82. The number of fused-ring (bicyclic) bond motifs is 1. The molecule has 0 aliphatic carbocycles. The van der Waals surface area contributed by atoms with Gasteiger partial charge in [0.2, 0.25) is 5.91 Å². The fourth-order valence-electron chi connectivity index (χ4n) is 4.72. The third-order valence-electron chi connectivity index (χ3n) is 6.70. The highest BCUT2D eigenvalue weighted by Crippen LogP contribution is 2.34. The Morgan fingerprint density at radius 2 is 1.71 bits per heavy atom. The lowest BCUT2D eigenvalue weighted by atomic mass is 10.1. The molecule has 5 rings (SSSR count). The third kappa shape index (κ3) is 4.74. The number of aryl methyl sites for hydroxylation is 2. The first-order chi connectivity index (χ1) is 17.0. The summed E-state index contributed by atoms with van der Waals surface area (Å²) >= 11 is 0. The SMILES string of the molecule is CCOc1ccc(N2CC(c3nc4ccccc4n3CCOc3ccc(C)c(C)c3)CC2=O)cc1. The van der Waals surface area contributed by atoms with Crippen molar-refractivity contribution in [1.29, 1.82) is 0 Å². The van der Waals surface area contributed by atoms with Gasteiger partial charge in [-0.2, -0.15) is 0 Å². The van der Waals surface area contributed by atoms with Gasteiger partial charge < -0.3 is 18.9 Å². The number of amides is 1. The standard InChI is InChI=1S/C29H31N3O3/c1-4-34-24-13-10-23(11-14-24)32-19-22(18-28(32)33)29-30-26-7-5-6-8-27(26)31(29)15-16-35-25-12-9-20(2)21(3)17-25/h5-14,17,22H,4,15-16,18-19H2,1-3H3. The van der Waals surface area contributed by atoms with Crippen molar-refractivity contribution in [2.75, 3.05) is 24.7 Å². The molecule has 1 aliphatic rings. The minimum absolute atomic E-state index is 0.0167. The number of nitrogens with zero attached hydrogens (tertiary/aromatic N) is 3. The molecule has 3 aromatic carbocycles. The predicted octanol–water partition coefficient (Wildman–Crippen LogP) is 5.65. The molecule has 0 bridgehead atoms. The molecule has 4 aromatic rings. The van der Waals surface area contributed by atoms with E-state index < -0.39 is 0 Å². The summed E-state index contributed by atoms with van der Waals surface area (Å²) in [5.74, 6) is 2.76. The van der Waals surface area contributed by atoms with Crippen molar-refractivity contribution in [3.8, 4) is 11.5 Å². The average Bonchev–Trinajstić information content (AvgIpc) is 3.43. The highest BCUT2D eigenvalue weighted by molar-refractivity contribution is 5.96. The lowest BCUT2D eigenvalue weighted by Crippen LogP contribution is -2.24. The minimum Gasteiger partial charge on any atom is -0.494 e. The molecular weight excluding hydrogens is 438 g/mol. The van der Waals surface area contributed by atoms with E-state index in [1.807, 2.05) is 60.4 Å². The van der Waals surface area contributed by atoms with Crippen molar-refractivity contribution in [2.45, 2.75) is 39.7 Å². The van der Waals surface area contributed by atoms with E-state index in [9.17, 15) is 4.79 Å². The summed E-state index contributed by atoms with van der Waals surface area (Å²) in [6, 6.07) is 22.1. The zero-order chi connectivity index (χ0) is 24.4. The molecule has 1 unspecified atom stereocenters. The van der Waals surface area contributed by atoms with Crippen LogP contribution in [-0.4, -0.2) is 35.2 Å². The number of carbonyl (C=O) groups is 1. The molecule has 0 N–H and O–H groups in total. The number of hydrogen-bond donors (Lipinski definition) is 0. The number of para-hydroxylation sites is 2. The monoisotopic (exact) mass is 469 g/mol. The van der Waals surface area contributed by atoms with Gasteiger partial charge in [0.25, 0.3) is 0 Å². The summed E-state index contributed by atoms with van der Waals surface area (Å²) in [7, 11) is 0. The van der Waals surface area contributed by atoms with Crippen LogP contribution in [0.1, 0.15) is 36.2 Å². The Hall–Kier alpha value is -3.80. The molecule has 1 aromatic heterocycles. The predicted molar refractivity (Wildman–Crippen MR) is 138 cm³/mol. The number of ether oxygens (including phenoxy) is 2. The van der Waals surface area contributed by atoms with E-state index in [0.29, 0.717) is 32.7 Å². The first kappa shape index (κ1) is 23.0. The van der Waals surface area contributed by atoms with E-state index in [1.165, 1.54) is 11.1 Å². The molecule has 1 saturated heterocycles. The van der Waals surface area contributed by atoms with E-state index in [2.05, 4.69) is 36.6 Å². The van der Waals surface area contributed by atoms with Gasteiger partial charge in [-0.15, -0.1) is 0 Å². The summed E-state index contributed by atoms with van der Waals surface area (Å²) in [6.45, 7) is 8.57. The molecule has 2 heterocycles. The molecule has 35 heavy (non-hydrogen) atoms. The largest absolute Gasteiger partial charge is 0.494 e. The van der Waals surface area contributed by atoms with Crippen LogP contribution in [0.4, 0.5) is 5.69 Å². The number of carbonyl (C=O) groups excluding carboxylic acids is 1. The number of anilines is 1. The van der Waals surface area contributed by atoms with Crippen molar-refractivity contribution < 1.29 is 14.3 Å². The zero-order valence-corrected chi connectivity index (χ0v) is 20.5. The quantitative estimate of drug-likeness (QED) is 0.335. The molecule has 0 saturated carbocycles. The lowest BCUT2D eigenvalue weighted by molar-refractivity contribution is -0.117. The van der Waals surface area contributed by atoms with E-state index in [-0.39, 0.29) is 11.8 Å². The molecule has 6 nitrogen and oxygen atoms in total. The van der Waals surface area contributed by atoms with Gasteiger partial charge >= 0.3 is 0 Å². The summed E-state index contributed by atoms with van der Waals surface area (Å²) in [5.41, 5.74) is 5.37.